The molecule has 0 radical (unpaired) electrons. The second kappa shape index (κ2) is 8.31. The fourth-order valence-electron chi connectivity index (χ4n) is 3.52. The van der Waals surface area contributed by atoms with E-state index in [1.54, 1.807) is 18.3 Å². The molecule has 1 N–H and O–H groups in total. The lowest BCUT2D eigenvalue weighted by Gasteiger charge is -2.23. The Labute approximate surface area is 159 Å². The maximum absolute atomic E-state index is 12.4. The number of nitrogens with one attached hydrogen (secondary N) is 1. The standard InChI is InChI=1S/C21H25N3O3/c1-14-6-7-15(2)17(9-14)12-24-13-18(10-19(24)21(26)27-3)23-20(25)16-5-4-8-22-11-16/h4-9,11,18-19H,10,12-13H2,1-3H3,(H,23,25)/t18-,19-/m0/s1. The van der Waals surface area contributed by atoms with Crippen molar-refractivity contribution in [3.8, 4) is 0 Å². The number of nitrogens with zero attached hydrogens (tertiary/aromatic N) is 2. The van der Waals surface area contributed by atoms with E-state index in [4.69, 9.17) is 4.74 Å². The first-order chi connectivity index (χ1) is 13.0. The molecule has 1 amide bonds. The number of methoxy groups -OCH3 is 1. The minimum absolute atomic E-state index is 0.119. The Hall–Kier alpha value is -2.73. The normalized spacial score (nSPS) is 19.7. The summed E-state index contributed by atoms with van der Waals surface area (Å²) in [5, 5.41) is 3.02. The van der Waals surface area contributed by atoms with Gasteiger partial charge in [0, 0.05) is 31.5 Å². The topological polar surface area (TPSA) is 71.5 Å². The Morgan fingerprint density at radius 3 is 2.81 bits per heavy atom. The summed E-state index contributed by atoms with van der Waals surface area (Å²) in [7, 11) is 1.40. The average Bonchev–Trinajstić information content (AvgIpc) is 3.07. The van der Waals surface area contributed by atoms with Gasteiger partial charge in [0.1, 0.15) is 6.04 Å². The molecule has 0 bridgehead atoms. The summed E-state index contributed by atoms with van der Waals surface area (Å²) < 4.78 is 4.99. The van der Waals surface area contributed by atoms with Gasteiger partial charge >= 0.3 is 5.97 Å². The minimum atomic E-state index is -0.367. The van der Waals surface area contributed by atoms with Crippen LogP contribution in [-0.2, 0) is 16.1 Å². The summed E-state index contributed by atoms with van der Waals surface area (Å²) in [5.74, 6) is -0.441. The summed E-state index contributed by atoms with van der Waals surface area (Å²) in [6, 6.07) is 9.29. The number of rotatable bonds is 5. The predicted octanol–water partition coefficient (Wildman–Crippen LogP) is 2.24. The van der Waals surface area contributed by atoms with E-state index in [2.05, 4.69) is 47.2 Å². The van der Waals surface area contributed by atoms with Crippen LogP contribution in [0.25, 0.3) is 0 Å². The van der Waals surface area contributed by atoms with Gasteiger partial charge in [0.15, 0.2) is 0 Å². The molecule has 6 heteroatoms. The lowest BCUT2D eigenvalue weighted by molar-refractivity contribution is -0.146. The molecule has 1 saturated heterocycles. The molecule has 0 spiro atoms. The van der Waals surface area contributed by atoms with Gasteiger partial charge in [-0.2, -0.15) is 0 Å². The Balaban J connectivity index is 1.73. The van der Waals surface area contributed by atoms with Crippen LogP contribution in [0, 0.1) is 13.8 Å². The van der Waals surface area contributed by atoms with Gasteiger partial charge in [-0.3, -0.25) is 19.5 Å². The highest BCUT2D eigenvalue weighted by atomic mass is 16.5. The number of esters is 1. The number of ether oxygens (including phenoxy) is 1. The van der Waals surface area contributed by atoms with Gasteiger partial charge < -0.3 is 10.1 Å². The highest BCUT2D eigenvalue weighted by Gasteiger charge is 2.38. The van der Waals surface area contributed by atoms with E-state index >= 15 is 0 Å². The van der Waals surface area contributed by atoms with Crippen molar-refractivity contribution in [3.05, 3.63) is 65.0 Å². The van der Waals surface area contributed by atoms with Gasteiger partial charge in [-0.15, -0.1) is 0 Å². The smallest absolute Gasteiger partial charge is 0.323 e. The summed E-state index contributed by atoms with van der Waals surface area (Å²) in [6.07, 6.45) is 3.70. The molecule has 0 unspecified atom stereocenters. The summed E-state index contributed by atoms with van der Waals surface area (Å²) in [5.41, 5.74) is 4.07. The van der Waals surface area contributed by atoms with Gasteiger partial charge in [-0.05, 0) is 43.5 Å². The monoisotopic (exact) mass is 367 g/mol. The van der Waals surface area contributed by atoms with Crippen molar-refractivity contribution in [2.75, 3.05) is 13.7 Å². The quantitative estimate of drug-likeness (QED) is 0.821. The maximum Gasteiger partial charge on any atom is 0.323 e. The van der Waals surface area contributed by atoms with Crippen LogP contribution in [-0.4, -0.2) is 47.5 Å². The Bertz CT molecular complexity index is 823. The highest BCUT2D eigenvalue weighted by molar-refractivity contribution is 5.94. The summed E-state index contributed by atoms with van der Waals surface area (Å²) >= 11 is 0. The molecule has 2 heterocycles. The SMILES string of the molecule is COC(=O)[C@@H]1C[C@H](NC(=O)c2cccnc2)CN1Cc1cc(C)ccc1C. The number of likely N-dealkylation sites (tertiary alicyclic amines) is 1. The van der Waals surface area contributed by atoms with Crippen LogP contribution in [0.4, 0.5) is 0 Å². The third kappa shape index (κ3) is 4.52. The van der Waals surface area contributed by atoms with E-state index < -0.39 is 0 Å². The average molecular weight is 367 g/mol. The van der Waals surface area contributed by atoms with Crippen LogP contribution in [0.15, 0.2) is 42.7 Å². The van der Waals surface area contributed by atoms with Gasteiger partial charge in [-0.25, -0.2) is 0 Å². The number of pyridine rings is 1. The Morgan fingerprint density at radius 2 is 2.11 bits per heavy atom. The first-order valence-electron chi connectivity index (χ1n) is 9.07. The molecule has 1 aromatic carbocycles. The number of benzene rings is 1. The predicted molar refractivity (Wildman–Crippen MR) is 102 cm³/mol. The summed E-state index contributed by atoms with van der Waals surface area (Å²) in [4.78, 5) is 30.8. The Kier molecular flexibility index (Phi) is 5.86. The summed E-state index contributed by atoms with van der Waals surface area (Å²) in [6.45, 7) is 5.37. The molecule has 1 aliphatic heterocycles. The molecular formula is C21H25N3O3. The van der Waals surface area contributed by atoms with Crippen molar-refractivity contribution in [2.24, 2.45) is 0 Å². The van der Waals surface area contributed by atoms with E-state index in [0.29, 0.717) is 25.1 Å². The Morgan fingerprint density at radius 1 is 1.30 bits per heavy atom. The van der Waals surface area contributed by atoms with E-state index in [-0.39, 0.29) is 24.0 Å². The van der Waals surface area contributed by atoms with Gasteiger partial charge in [0.05, 0.1) is 12.7 Å². The third-order valence-corrected chi connectivity index (χ3v) is 5.01. The first kappa shape index (κ1) is 19.0. The molecule has 1 aliphatic rings. The molecule has 1 fully saturated rings. The van der Waals surface area contributed by atoms with Crippen LogP contribution >= 0.6 is 0 Å². The second-order valence-corrected chi connectivity index (χ2v) is 7.05. The number of carbonyl (C=O) groups excluding carboxylic acids is 2. The molecule has 0 aliphatic carbocycles. The van der Waals surface area contributed by atoms with Crippen molar-refractivity contribution in [2.45, 2.75) is 38.9 Å². The molecular weight excluding hydrogens is 342 g/mol. The fourth-order valence-corrected chi connectivity index (χ4v) is 3.52. The second-order valence-electron chi connectivity index (χ2n) is 7.05. The van der Waals surface area contributed by atoms with Crippen molar-refractivity contribution >= 4 is 11.9 Å². The zero-order chi connectivity index (χ0) is 19.4. The number of hydrogen-bond donors (Lipinski definition) is 1. The first-order valence-corrected chi connectivity index (χ1v) is 9.07. The van der Waals surface area contributed by atoms with Crippen molar-refractivity contribution < 1.29 is 14.3 Å². The van der Waals surface area contributed by atoms with Crippen LogP contribution in [0.2, 0.25) is 0 Å². The molecule has 0 saturated carbocycles. The van der Waals surface area contributed by atoms with Gasteiger partial charge in [-0.1, -0.05) is 23.8 Å². The maximum atomic E-state index is 12.4. The molecule has 2 aromatic rings. The lowest BCUT2D eigenvalue weighted by atomic mass is 10.0. The van der Waals surface area contributed by atoms with Gasteiger partial charge in [0.2, 0.25) is 0 Å². The van der Waals surface area contributed by atoms with Crippen LogP contribution < -0.4 is 5.32 Å². The van der Waals surface area contributed by atoms with E-state index in [1.807, 2.05) is 0 Å². The minimum Gasteiger partial charge on any atom is -0.468 e. The molecule has 1 aromatic heterocycles. The molecule has 27 heavy (non-hydrogen) atoms. The number of aryl methyl sites for hydroxylation is 2. The van der Waals surface area contributed by atoms with Gasteiger partial charge in [0.25, 0.3) is 5.91 Å². The van der Waals surface area contributed by atoms with Crippen molar-refractivity contribution in [1.29, 1.82) is 0 Å². The zero-order valence-electron chi connectivity index (χ0n) is 15.9. The van der Waals surface area contributed by atoms with E-state index in [1.165, 1.54) is 30.0 Å². The third-order valence-electron chi connectivity index (χ3n) is 5.01. The number of aromatic nitrogens is 1. The van der Waals surface area contributed by atoms with Crippen LogP contribution in [0.3, 0.4) is 0 Å². The molecule has 6 nitrogen and oxygen atoms in total. The van der Waals surface area contributed by atoms with E-state index in [9.17, 15) is 9.59 Å². The van der Waals surface area contributed by atoms with Crippen LogP contribution in [0.1, 0.15) is 33.5 Å². The van der Waals surface area contributed by atoms with E-state index in [0.717, 1.165) is 0 Å². The number of carbonyl (C=O) groups is 2. The molecule has 142 valence electrons. The van der Waals surface area contributed by atoms with Crippen molar-refractivity contribution in [1.82, 2.24) is 15.2 Å². The fraction of sp³-hybridized carbons (Fsp3) is 0.381. The molecule has 3 rings (SSSR count). The number of hydrogen-bond acceptors (Lipinski definition) is 5. The lowest BCUT2D eigenvalue weighted by Crippen LogP contribution is -2.38. The van der Waals surface area contributed by atoms with Crippen molar-refractivity contribution in [3.63, 3.8) is 0 Å². The zero-order valence-corrected chi connectivity index (χ0v) is 15.9. The number of amides is 1. The van der Waals surface area contributed by atoms with Crippen LogP contribution in [0.5, 0.6) is 0 Å². The highest BCUT2D eigenvalue weighted by Crippen LogP contribution is 2.24. The molecule has 2 atom stereocenters. The largest absolute Gasteiger partial charge is 0.468 e.